The van der Waals surface area contributed by atoms with E-state index < -0.39 is 45.6 Å². The number of nitrogens with zero attached hydrogens (tertiary/aromatic N) is 1. The van der Waals surface area contributed by atoms with Gasteiger partial charge in [0.25, 0.3) is 5.60 Å². The predicted molar refractivity (Wildman–Crippen MR) is 112 cm³/mol. The number of thiazole rings is 1. The molecule has 2 N–H and O–H groups in total. The molecule has 1 aliphatic carbocycles. The average Bonchev–Trinajstić information content (AvgIpc) is 3.08. The number of nitrogen functional groups attached to an aromatic ring is 1. The first-order valence-electron chi connectivity index (χ1n) is 10.1. The summed E-state index contributed by atoms with van der Waals surface area (Å²) in [5.74, 6) is 0. The summed E-state index contributed by atoms with van der Waals surface area (Å²) in [7, 11) is -3.13. The lowest BCUT2D eigenvalue weighted by molar-refractivity contribution is -0.389. The van der Waals surface area contributed by atoms with Gasteiger partial charge in [0.05, 0.1) is 10.4 Å². The number of benzene rings is 1. The molecule has 5 nitrogen and oxygen atoms in total. The molecule has 1 atom stereocenters. The number of hydrogen-bond acceptors (Lipinski definition) is 6. The molecule has 0 amide bonds. The molecule has 33 heavy (non-hydrogen) atoms. The zero-order chi connectivity index (χ0) is 24.7. The van der Waals surface area contributed by atoms with Gasteiger partial charge in [0, 0.05) is 23.5 Å². The Morgan fingerprint density at radius 2 is 1.73 bits per heavy atom. The molecule has 1 aromatic heterocycles. The number of halogens is 6. The van der Waals surface area contributed by atoms with E-state index >= 15 is 0 Å². The van der Waals surface area contributed by atoms with Crippen LogP contribution >= 0.6 is 11.3 Å². The minimum atomic E-state index is -5.79. The third-order valence-corrected chi connectivity index (χ3v) is 8.08. The Morgan fingerprint density at radius 3 is 2.24 bits per heavy atom. The van der Waals surface area contributed by atoms with Crippen molar-refractivity contribution in [1.29, 1.82) is 0 Å². The van der Waals surface area contributed by atoms with Gasteiger partial charge in [-0.3, -0.25) is 0 Å². The van der Waals surface area contributed by atoms with Crippen molar-refractivity contribution in [2.75, 3.05) is 12.3 Å². The summed E-state index contributed by atoms with van der Waals surface area (Å²) in [6, 6.07) is 3.31. The Balaban J connectivity index is 2.07. The topological polar surface area (TPSA) is 82.3 Å². The minimum Gasteiger partial charge on any atom is -0.375 e. The average molecular weight is 517 g/mol. The minimum absolute atomic E-state index is 0.00603. The number of unbranched alkanes of at least 4 members (excludes halogenated alkanes) is 1. The summed E-state index contributed by atoms with van der Waals surface area (Å²) in [4.78, 5) is 4.77. The van der Waals surface area contributed by atoms with Crippen LogP contribution in [0.4, 0.5) is 31.5 Å². The second-order valence-electron chi connectivity index (χ2n) is 7.84. The number of hydrogen-bond donors (Lipinski definition) is 2. The Morgan fingerprint density at radius 1 is 1.12 bits per heavy atom. The van der Waals surface area contributed by atoms with E-state index in [9.17, 15) is 34.8 Å². The molecule has 0 saturated heterocycles. The number of fused-ring (bicyclic) bond motifs is 1. The lowest BCUT2D eigenvalue weighted by Crippen LogP contribution is -2.56. The van der Waals surface area contributed by atoms with Gasteiger partial charge in [0.2, 0.25) is 0 Å². The van der Waals surface area contributed by atoms with E-state index in [4.69, 9.17) is 5.73 Å². The van der Waals surface area contributed by atoms with Crippen LogP contribution in [-0.2, 0) is 38.6 Å². The number of thiol groups is 1. The second-order valence-corrected chi connectivity index (χ2v) is 10.3. The van der Waals surface area contributed by atoms with Gasteiger partial charge in [-0.15, -0.1) is 11.3 Å². The van der Waals surface area contributed by atoms with Crippen LogP contribution in [0, 0.1) is 0 Å². The van der Waals surface area contributed by atoms with Gasteiger partial charge < -0.3 is 10.5 Å². The first-order valence-corrected chi connectivity index (χ1v) is 12.0. The monoisotopic (exact) mass is 516 g/mol. The molecule has 0 fully saturated rings. The van der Waals surface area contributed by atoms with Crippen molar-refractivity contribution in [3.8, 4) is 0 Å². The van der Waals surface area contributed by atoms with Gasteiger partial charge >= 0.3 is 12.4 Å². The van der Waals surface area contributed by atoms with Gasteiger partial charge in [-0.2, -0.15) is 26.3 Å². The lowest BCUT2D eigenvalue weighted by atomic mass is 9.82. The van der Waals surface area contributed by atoms with E-state index in [0.717, 1.165) is 23.5 Å². The molecule has 1 aliphatic rings. The molecule has 0 radical (unpaired) electrons. The van der Waals surface area contributed by atoms with Crippen LogP contribution in [-0.4, -0.2) is 32.4 Å². The number of aryl methyl sites for hydroxylation is 1. The number of rotatable bonds is 7. The highest BCUT2D eigenvalue weighted by atomic mass is 32.2. The summed E-state index contributed by atoms with van der Waals surface area (Å²) < 4.78 is 111. The summed E-state index contributed by atoms with van der Waals surface area (Å²) >= 11 is 1.11. The van der Waals surface area contributed by atoms with E-state index in [2.05, 4.69) is 9.72 Å². The number of ether oxygens (including phenoxy) is 1. The van der Waals surface area contributed by atoms with Crippen LogP contribution in [0.5, 0.6) is 0 Å². The highest BCUT2D eigenvalue weighted by Gasteiger charge is 2.73. The second kappa shape index (κ2) is 9.06. The molecular formula is C20H22F6N2O3S2. The van der Waals surface area contributed by atoms with E-state index in [1.54, 1.807) is 6.92 Å². The van der Waals surface area contributed by atoms with Crippen molar-refractivity contribution in [1.82, 2.24) is 4.98 Å². The number of nitrogens with two attached hydrogens (primary N) is 1. The van der Waals surface area contributed by atoms with Crippen LogP contribution in [0.1, 0.15) is 47.9 Å². The van der Waals surface area contributed by atoms with Crippen molar-refractivity contribution < 1.29 is 39.5 Å². The zero-order valence-electron chi connectivity index (χ0n) is 17.4. The van der Waals surface area contributed by atoms with Crippen LogP contribution in [0.2, 0.25) is 0 Å². The molecule has 0 aliphatic heterocycles. The number of aromatic nitrogens is 1. The molecular weight excluding hydrogens is 494 g/mol. The highest BCUT2D eigenvalue weighted by Crippen LogP contribution is 2.53. The quantitative estimate of drug-likeness (QED) is 0.312. The molecule has 3 rings (SSSR count). The fraction of sp³-hybridized carbons (Fsp3) is 0.550. The van der Waals surface area contributed by atoms with Crippen LogP contribution in [0.25, 0.3) is 0 Å². The maximum absolute atomic E-state index is 13.9. The maximum Gasteiger partial charge on any atom is 0.430 e. The van der Waals surface area contributed by atoms with E-state index in [1.165, 1.54) is 0 Å². The third-order valence-electron chi connectivity index (χ3n) is 5.82. The summed E-state index contributed by atoms with van der Waals surface area (Å²) in [6.45, 7) is 0.861. The lowest BCUT2D eigenvalue weighted by Gasteiger charge is -2.38. The Bertz CT molecular complexity index is 1040. The van der Waals surface area contributed by atoms with Gasteiger partial charge in [-0.1, -0.05) is 37.6 Å². The van der Waals surface area contributed by atoms with Crippen molar-refractivity contribution in [2.45, 2.75) is 61.7 Å². The van der Waals surface area contributed by atoms with E-state index in [-0.39, 0.29) is 36.4 Å². The molecule has 2 aromatic rings. The molecule has 1 unspecified atom stereocenters. The standard InChI is InChI=1S/C20H22F6N2O3S2/c1-2-3-10-31-18(19(21,22)23,20(24,25)26)13-6-4-12(5-7-13)17(33(29)30)9-8-14-15(11-17)32-16(27)28-14/h4-7,33H,2-3,8-11H2,1H3,(H2,27,28). The molecule has 1 aromatic carbocycles. The first-order chi connectivity index (χ1) is 15.3. The Labute approximate surface area is 191 Å². The summed E-state index contributed by atoms with van der Waals surface area (Å²) in [5.41, 5.74) is 0.769. The van der Waals surface area contributed by atoms with Crippen LogP contribution in [0.15, 0.2) is 24.3 Å². The van der Waals surface area contributed by atoms with Gasteiger partial charge in [0.15, 0.2) is 5.13 Å². The molecule has 0 spiro atoms. The molecule has 0 bridgehead atoms. The third kappa shape index (κ3) is 4.46. The van der Waals surface area contributed by atoms with E-state index in [1.807, 2.05) is 0 Å². The fourth-order valence-electron chi connectivity index (χ4n) is 4.04. The Hall–Kier alpha value is -1.86. The number of anilines is 1. The van der Waals surface area contributed by atoms with E-state index in [0.29, 0.717) is 29.1 Å². The van der Waals surface area contributed by atoms with Crippen molar-refractivity contribution >= 4 is 27.2 Å². The SMILES string of the molecule is CCCCOC(c1ccc(C2([SH](=O)=O)CCc3nc(N)sc3C2)cc1)(C(F)(F)F)C(F)(F)F. The first kappa shape index (κ1) is 25.8. The Kier molecular flexibility index (Phi) is 7.07. The predicted octanol–water partition coefficient (Wildman–Crippen LogP) is 4.86. The molecule has 0 saturated carbocycles. The maximum atomic E-state index is 13.9. The fourth-order valence-corrected chi connectivity index (χ4v) is 6.08. The molecule has 184 valence electrons. The normalized spacial score (nSPS) is 19.6. The summed E-state index contributed by atoms with van der Waals surface area (Å²) in [6.07, 6.45) is -10.9. The summed E-state index contributed by atoms with van der Waals surface area (Å²) in [5, 5.41) is 0.261. The van der Waals surface area contributed by atoms with Gasteiger partial charge in [-0.05, 0) is 24.8 Å². The van der Waals surface area contributed by atoms with Crippen LogP contribution in [0.3, 0.4) is 0 Å². The molecule has 13 heteroatoms. The van der Waals surface area contributed by atoms with Crippen LogP contribution < -0.4 is 5.73 Å². The largest absolute Gasteiger partial charge is 0.430 e. The van der Waals surface area contributed by atoms with Crippen molar-refractivity contribution in [3.05, 3.63) is 46.0 Å². The van der Waals surface area contributed by atoms with Crippen molar-refractivity contribution in [2.24, 2.45) is 0 Å². The highest BCUT2D eigenvalue weighted by molar-refractivity contribution is 7.73. The van der Waals surface area contributed by atoms with Gasteiger partial charge in [-0.25, -0.2) is 13.4 Å². The molecule has 1 heterocycles. The van der Waals surface area contributed by atoms with Crippen molar-refractivity contribution in [3.63, 3.8) is 0 Å². The van der Waals surface area contributed by atoms with Gasteiger partial charge in [0.1, 0.15) is 10.7 Å². The number of alkyl halides is 6. The zero-order valence-corrected chi connectivity index (χ0v) is 19.1. The smallest absolute Gasteiger partial charge is 0.375 e.